The Morgan fingerprint density at radius 3 is 2.29 bits per heavy atom. The Hall–Kier alpha value is -0.440. The molecule has 0 saturated carbocycles. The molecule has 5 heteroatoms. The molecule has 0 N–H and O–H groups in total. The Kier molecular flexibility index (Phi) is 3.32. The molecule has 17 heavy (non-hydrogen) atoms. The first kappa shape index (κ1) is 13.0. The Bertz CT molecular complexity index is 427. The second-order valence-corrected chi connectivity index (χ2v) is 6.39. The molecular weight excluding hydrogens is 282 g/mol. The molecule has 1 aromatic carbocycles. The summed E-state index contributed by atoms with van der Waals surface area (Å²) in [6.45, 7) is 1.89. The van der Waals surface area contributed by atoms with E-state index in [9.17, 15) is 4.79 Å². The molecule has 0 unspecified atom stereocenters. The van der Waals surface area contributed by atoms with Crippen LogP contribution in [-0.4, -0.2) is 15.9 Å². The van der Waals surface area contributed by atoms with Crippen LogP contribution < -0.4 is 0 Å². The van der Waals surface area contributed by atoms with Crippen LogP contribution in [0.3, 0.4) is 0 Å². The molecule has 1 aliphatic rings. The predicted molar refractivity (Wildman–Crippen MR) is 68.6 cm³/mol. The van der Waals surface area contributed by atoms with Crippen molar-refractivity contribution >= 4 is 40.8 Å². The van der Waals surface area contributed by atoms with E-state index in [-0.39, 0.29) is 5.97 Å². The predicted octanol–water partition coefficient (Wildman–Crippen LogP) is 3.63. The quantitative estimate of drug-likeness (QED) is 0.615. The topological polar surface area (TPSA) is 26.3 Å². The first-order chi connectivity index (χ1) is 7.93. The standard InChI is InChI=1S/C12H11Cl3O2/c1-2-11(8-6-4-3-5-7-8)9(12(13,14)15)17-10(11)16/h3-7,9H,2H2,1H3/t9-,11-/m1/s1. The van der Waals surface area contributed by atoms with Crippen molar-refractivity contribution in [2.45, 2.75) is 28.7 Å². The smallest absolute Gasteiger partial charge is 0.321 e. The van der Waals surface area contributed by atoms with Crippen LogP contribution >= 0.6 is 34.8 Å². The number of halogens is 3. The summed E-state index contributed by atoms with van der Waals surface area (Å²) in [6, 6.07) is 9.30. The van der Waals surface area contributed by atoms with Gasteiger partial charge in [0.1, 0.15) is 5.41 Å². The highest BCUT2D eigenvalue weighted by molar-refractivity contribution is 6.68. The number of hydrogen-bond donors (Lipinski definition) is 0. The third-order valence-corrected chi connectivity index (χ3v) is 3.78. The van der Waals surface area contributed by atoms with Crippen molar-refractivity contribution in [3.05, 3.63) is 35.9 Å². The van der Waals surface area contributed by atoms with Crippen LogP contribution in [0.25, 0.3) is 0 Å². The summed E-state index contributed by atoms with van der Waals surface area (Å²) in [5, 5.41) is 0. The molecule has 1 fully saturated rings. The van der Waals surface area contributed by atoms with Crippen LogP contribution in [0.15, 0.2) is 30.3 Å². The van der Waals surface area contributed by atoms with Crippen molar-refractivity contribution in [3.8, 4) is 0 Å². The van der Waals surface area contributed by atoms with E-state index < -0.39 is 15.3 Å². The third-order valence-electron chi connectivity index (χ3n) is 3.18. The maximum atomic E-state index is 11.8. The highest BCUT2D eigenvalue weighted by atomic mass is 35.6. The first-order valence-electron chi connectivity index (χ1n) is 5.26. The van der Waals surface area contributed by atoms with E-state index in [0.717, 1.165) is 5.56 Å². The van der Waals surface area contributed by atoms with Gasteiger partial charge >= 0.3 is 5.97 Å². The number of benzene rings is 1. The minimum atomic E-state index is -1.61. The number of esters is 1. The highest BCUT2D eigenvalue weighted by Gasteiger charge is 2.65. The zero-order chi connectivity index (χ0) is 12.7. The second-order valence-electron chi connectivity index (χ2n) is 4.02. The van der Waals surface area contributed by atoms with Crippen molar-refractivity contribution in [2.75, 3.05) is 0 Å². The van der Waals surface area contributed by atoms with E-state index in [0.29, 0.717) is 6.42 Å². The number of cyclic esters (lactones) is 1. The molecule has 0 bridgehead atoms. The molecule has 1 aliphatic heterocycles. The summed E-state index contributed by atoms with van der Waals surface area (Å²) in [5.74, 6) is -0.331. The zero-order valence-electron chi connectivity index (χ0n) is 9.12. The van der Waals surface area contributed by atoms with Crippen LogP contribution in [-0.2, 0) is 14.9 Å². The van der Waals surface area contributed by atoms with E-state index in [1.807, 2.05) is 37.3 Å². The minimum Gasteiger partial charge on any atom is -0.455 e. The molecule has 92 valence electrons. The number of alkyl halides is 3. The molecule has 1 heterocycles. The van der Waals surface area contributed by atoms with Crippen molar-refractivity contribution in [1.82, 2.24) is 0 Å². The fourth-order valence-electron chi connectivity index (χ4n) is 2.25. The van der Waals surface area contributed by atoms with E-state index >= 15 is 0 Å². The van der Waals surface area contributed by atoms with Crippen LogP contribution in [0.1, 0.15) is 18.9 Å². The van der Waals surface area contributed by atoms with E-state index in [1.54, 1.807) is 0 Å². The summed E-state index contributed by atoms with van der Waals surface area (Å²) in [4.78, 5) is 11.8. The lowest BCUT2D eigenvalue weighted by molar-refractivity contribution is -0.191. The average Bonchev–Trinajstić information content (AvgIpc) is 2.27. The van der Waals surface area contributed by atoms with E-state index in [4.69, 9.17) is 39.5 Å². The summed E-state index contributed by atoms with van der Waals surface area (Å²) in [6.07, 6.45) is -0.200. The molecule has 1 saturated heterocycles. The van der Waals surface area contributed by atoms with Crippen molar-refractivity contribution < 1.29 is 9.53 Å². The van der Waals surface area contributed by atoms with Gasteiger partial charge in [-0.05, 0) is 12.0 Å². The van der Waals surface area contributed by atoms with Gasteiger partial charge in [0.2, 0.25) is 3.79 Å². The third kappa shape index (κ3) is 1.92. The molecule has 2 rings (SSSR count). The number of ether oxygens (including phenoxy) is 1. The van der Waals surface area contributed by atoms with Gasteiger partial charge in [0.15, 0.2) is 6.10 Å². The molecule has 2 nitrogen and oxygen atoms in total. The van der Waals surface area contributed by atoms with Gasteiger partial charge in [-0.15, -0.1) is 0 Å². The summed E-state index contributed by atoms with van der Waals surface area (Å²) >= 11 is 17.6. The number of hydrogen-bond acceptors (Lipinski definition) is 2. The summed E-state index contributed by atoms with van der Waals surface area (Å²) < 4.78 is 3.42. The largest absolute Gasteiger partial charge is 0.455 e. The Morgan fingerprint density at radius 2 is 1.88 bits per heavy atom. The monoisotopic (exact) mass is 292 g/mol. The molecular formula is C12H11Cl3O2. The van der Waals surface area contributed by atoms with Crippen LogP contribution in [0.4, 0.5) is 0 Å². The van der Waals surface area contributed by atoms with Gasteiger partial charge in [-0.2, -0.15) is 0 Å². The van der Waals surface area contributed by atoms with Crippen LogP contribution in [0.5, 0.6) is 0 Å². The van der Waals surface area contributed by atoms with Gasteiger partial charge < -0.3 is 4.74 Å². The van der Waals surface area contributed by atoms with Gasteiger partial charge in [0.25, 0.3) is 0 Å². The lowest BCUT2D eigenvalue weighted by Crippen LogP contribution is -2.64. The van der Waals surface area contributed by atoms with Crippen LogP contribution in [0.2, 0.25) is 0 Å². The molecule has 2 atom stereocenters. The molecule has 0 aliphatic carbocycles. The van der Waals surface area contributed by atoms with Gasteiger partial charge in [-0.25, -0.2) is 0 Å². The number of carbonyl (C=O) groups excluding carboxylic acids is 1. The average molecular weight is 294 g/mol. The molecule has 0 spiro atoms. The highest BCUT2D eigenvalue weighted by Crippen LogP contribution is 2.52. The van der Waals surface area contributed by atoms with Gasteiger partial charge in [-0.1, -0.05) is 72.1 Å². The lowest BCUT2D eigenvalue weighted by atomic mass is 9.70. The number of rotatable bonds is 2. The summed E-state index contributed by atoms with van der Waals surface area (Å²) in [7, 11) is 0. The van der Waals surface area contributed by atoms with Crippen molar-refractivity contribution in [2.24, 2.45) is 0 Å². The minimum absolute atomic E-state index is 0.331. The molecule has 0 aromatic heterocycles. The fourth-order valence-corrected chi connectivity index (χ4v) is 2.94. The normalized spacial score (nSPS) is 28.5. The Morgan fingerprint density at radius 1 is 1.29 bits per heavy atom. The van der Waals surface area contributed by atoms with Gasteiger partial charge in [0.05, 0.1) is 0 Å². The fraction of sp³-hybridized carbons (Fsp3) is 0.417. The number of carbonyl (C=O) groups is 1. The maximum Gasteiger partial charge on any atom is 0.321 e. The lowest BCUT2D eigenvalue weighted by Gasteiger charge is -2.49. The van der Waals surface area contributed by atoms with Crippen molar-refractivity contribution in [1.29, 1.82) is 0 Å². The first-order valence-corrected chi connectivity index (χ1v) is 6.39. The second kappa shape index (κ2) is 4.34. The maximum absolute atomic E-state index is 11.8. The molecule has 0 radical (unpaired) electrons. The summed E-state index contributed by atoms with van der Waals surface area (Å²) in [5.41, 5.74) is -0.0120. The SMILES string of the molecule is CC[C@]1(c2ccccc2)C(=O)O[C@H]1C(Cl)(Cl)Cl. The Balaban J connectivity index is 2.47. The van der Waals surface area contributed by atoms with Crippen molar-refractivity contribution in [3.63, 3.8) is 0 Å². The van der Waals surface area contributed by atoms with Crippen LogP contribution in [0, 0.1) is 0 Å². The van der Waals surface area contributed by atoms with Gasteiger partial charge in [0, 0.05) is 0 Å². The molecule has 0 amide bonds. The zero-order valence-corrected chi connectivity index (χ0v) is 11.4. The van der Waals surface area contributed by atoms with E-state index in [1.165, 1.54) is 0 Å². The molecule has 1 aromatic rings. The van der Waals surface area contributed by atoms with Gasteiger partial charge in [-0.3, -0.25) is 4.79 Å². The Labute approximate surface area is 115 Å². The van der Waals surface area contributed by atoms with E-state index in [2.05, 4.69) is 0 Å².